The van der Waals surface area contributed by atoms with Crippen LogP contribution in [0.5, 0.6) is 5.75 Å². The van der Waals surface area contributed by atoms with Gasteiger partial charge in [-0.15, -0.1) is 0 Å². The van der Waals surface area contributed by atoms with E-state index in [0.717, 1.165) is 31.2 Å². The number of halogens is 1. The maximum Gasteiger partial charge on any atom is 0.302 e. The minimum atomic E-state index is -3.43. The first-order valence-electron chi connectivity index (χ1n) is 8.91. The number of carbonyl (C=O) groups is 1. The molecule has 8 heteroatoms. The molecular weight excluding hydrogens is 361 g/mol. The van der Waals surface area contributed by atoms with Crippen LogP contribution >= 0.6 is 0 Å². The molecule has 0 spiro atoms. The van der Waals surface area contributed by atoms with E-state index in [1.807, 2.05) is 0 Å². The van der Waals surface area contributed by atoms with Gasteiger partial charge in [0.1, 0.15) is 0 Å². The van der Waals surface area contributed by atoms with Gasteiger partial charge in [-0.25, -0.2) is 17.5 Å². The van der Waals surface area contributed by atoms with Crippen LogP contribution < -0.4 is 9.46 Å². The average molecular weight is 387 g/mol. The predicted molar refractivity (Wildman–Crippen MR) is 96.0 cm³/mol. The van der Waals surface area contributed by atoms with E-state index in [9.17, 15) is 17.6 Å². The van der Waals surface area contributed by atoms with Crippen molar-refractivity contribution in [2.45, 2.75) is 51.6 Å². The maximum absolute atomic E-state index is 13.9. The molecule has 1 N–H and O–H groups in total. The fourth-order valence-corrected chi connectivity index (χ4v) is 3.92. The molecule has 0 bridgehead atoms. The van der Waals surface area contributed by atoms with Gasteiger partial charge in [0.25, 0.3) is 0 Å². The number of hydrogen-bond donors (Lipinski definition) is 1. The van der Waals surface area contributed by atoms with Crippen molar-refractivity contribution in [3.63, 3.8) is 0 Å². The van der Waals surface area contributed by atoms with Crippen molar-refractivity contribution in [1.82, 2.24) is 4.72 Å². The number of ether oxygens (including phenoxy) is 2. The predicted octanol–water partition coefficient (Wildman–Crippen LogP) is 2.56. The Morgan fingerprint density at radius 2 is 2.04 bits per heavy atom. The number of nitrogens with one attached hydrogen (secondary N) is 1. The number of hydrogen-bond acceptors (Lipinski definition) is 5. The molecule has 146 valence electrons. The van der Waals surface area contributed by atoms with Gasteiger partial charge < -0.3 is 9.47 Å². The third kappa shape index (κ3) is 7.29. The monoisotopic (exact) mass is 387 g/mol. The van der Waals surface area contributed by atoms with Crippen LogP contribution in [0.25, 0.3) is 0 Å². The summed E-state index contributed by atoms with van der Waals surface area (Å²) in [6.07, 6.45) is 4.83. The molecule has 1 aromatic carbocycles. The number of sulfonamides is 1. The lowest BCUT2D eigenvalue weighted by Crippen LogP contribution is -2.29. The van der Waals surface area contributed by atoms with Crippen LogP contribution in [0, 0.1) is 5.82 Å². The van der Waals surface area contributed by atoms with Crippen LogP contribution in [-0.4, -0.2) is 39.4 Å². The zero-order valence-electron chi connectivity index (χ0n) is 15.0. The third-order valence-electron chi connectivity index (χ3n) is 4.19. The van der Waals surface area contributed by atoms with Crippen molar-refractivity contribution in [1.29, 1.82) is 0 Å². The van der Waals surface area contributed by atoms with Crippen LogP contribution in [0.2, 0.25) is 0 Å². The molecule has 2 rings (SSSR count). The van der Waals surface area contributed by atoms with Crippen LogP contribution in [0.1, 0.15) is 44.6 Å². The maximum atomic E-state index is 13.9. The molecule has 1 fully saturated rings. The Kier molecular flexibility index (Phi) is 7.84. The van der Waals surface area contributed by atoms with Crippen molar-refractivity contribution in [2.24, 2.45) is 0 Å². The summed E-state index contributed by atoms with van der Waals surface area (Å²) >= 11 is 0. The molecular formula is C18H26FNO5S. The van der Waals surface area contributed by atoms with Gasteiger partial charge in [0.05, 0.1) is 18.5 Å². The summed E-state index contributed by atoms with van der Waals surface area (Å²) < 4.78 is 50.6. The minimum absolute atomic E-state index is 0.0653. The Balaban J connectivity index is 1.78. The van der Waals surface area contributed by atoms with Crippen LogP contribution in [0.15, 0.2) is 18.2 Å². The Hall–Kier alpha value is -1.67. The first kappa shape index (κ1) is 20.6. The average Bonchev–Trinajstić information content (AvgIpc) is 3.07. The summed E-state index contributed by atoms with van der Waals surface area (Å²) in [5.74, 6) is -0.702. The zero-order valence-corrected chi connectivity index (χ0v) is 15.8. The molecule has 26 heavy (non-hydrogen) atoms. The minimum Gasteiger partial charge on any atom is -0.487 e. The summed E-state index contributed by atoms with van der Waals surface area (Å²) in [5, 5.41) is 0. The van der Waals surface area contributed by atoms with Gasteiger partial charge in [-0.2, -0.15) is 0 Å². The summed E-state index contributed by atoms with van der Waals surface area (Å²) in [7, 11) is -3.43. The van der Waals surface area contributed by atoms with Gasteiger partial charge in [0.2, 0.25) is 10.0 Å². The zero-order chi connectivity index (χ0) is 19.0. The Morgan fingerprint density at radius 1 is 1.31 bits per heavy atom. The lowest BCUT2D eigenvalue weighted by Gasteiger charge is -2.15. The van der Waals surface area contributed by atoms with Gasteiger partial charge in [0.15, 0.2) is 11.6 Å². The molecule has 0 heterocycles. The van der Waals surface area contributed by atoms with E-state index in [1.54, 1.807) is 12.1 Å². The van der Waals surface area contributed by atoms with E-state index in [-0.39, 0.29) is 37.2 Å². The summed E-state index contributed by atoms with van der Waals surface area (Å²) in [5.41, 5.74) is 0.807. The highest BCUT2D eigenvalue weighted by atomic mass is 32.2. The summed E-state index contributed by atoms with van der Waals surface area (Å²) in [6, 6.07) is 4.63. The van der Waals surface area contributed by atoms with Crippen molar-refractivity contribution in [3.8, 4) is 5.75 Å². The fourth-order valence-electron chi connectivity index (χ4n) is 2.87. The third-order valence-corrected chi connectivity index (χ3v) is 5.66. The lowest BCUT2D eigenvalue weighted by molar-refractivity contribution is -0.140. The van der Waals surface area contributed by atoms with Gasteiger partial charge in [0, 0.05) is 13.5 Å². The molecule has 1 saturated carbocycles. The standard InChI is InChI=1S/C18H26FNO5S/c1-14(21)24-11-4-12-26(22,23)20-10-9-15-7-8-17(19)18(13-15)25-16-5-2-3-6-16/h7-8,13,16,20H,2-6,9-12H2,1H3. The molecule has 0 atom stereocenters. The van der Waals surface area contributed by atoms with Crippen LogP contribution in [0.3, 0.4) is 0 Å². The largest absolute Gasteiger partial charge is 0.487 e. The van der Waals surface area contributed by atoms with E-state index < -0.39 is 21.8 Å². The second-order valence-electron chi connectivity index (χ2n) is 6.45. The van der Waals surface area contributed by atoms with Crippen LogP contribution in [-0.2, 0) is 26.0 Å². The van der Waals surface area contributed by atoms with E-state index in [1.165, 1.54) is 13.0 Å². The molecule has 1 aliphatic carbocycles. The van der Waals surface area contributed by atoms with Crippen molar-refractivity contribution in [3.05, 3.63) is 29.6 Å². The molecule has 1 aromatic rings. The highest BCUT2D eigenvalue weighted by molar-refractivity contribution is 7.89. The number of esters is 1. The van der Waals surface area contributed by atoms with E-state index in [4.69, 9.17) is 9.47 Å². The van der Waals surface area contributed by atoms with Crippen LogP contribution in [0.4, 0.5) is 4.39 Å². The molecule has 0 saturated heterocycles. The Bertz CT molecular complexity index is 702. The lowest BCUT2D eigenvalue weighted by atomic mass is 10.1. The molecule has 6 nitrogen and oxygen atoms in total. The van der Waals surface area contributed by atoms with Crippen molar-refractivity contribution in [2.75, 3.05) is 18.9 Å². The summed E-state index contributed by atoms with van der Waals surface area (Å²) in [4.78, 5) is 10.6. The highest BCUT2D eigenvalue weighted by Gasteiger charge is 2.18. The smallest absolute Gasteiger partial charge is 0.302 e. The molecule has 0 radical (unpaired) electrons. The van der Waals surface area contributed by atoms with Gasteiger partial charge >= 0.3 is 5.97 Å². The first-order chi connectivity index (χ1) is 12.4. The van der Waals surface area contributed by atoms with Gasteiger partial charge in [-0.1, -0.05) is 6.07 Å². The molecule has 1 aliphatic rings. The number of benzene rings is 1. The van der Waals surface area contributed by atoms with Gasteiger partial charge in [-0.05, 0) is 56.2 Å². The quantitative estimate of drug-likeness (QED) is 0.493. The van der Waals surface area contributed by atoms with Crippen molar-refractivity contribution < 1.29 is 27.1 Å². The SMILES string of the molecule is CC(=O)OCCCS(=O)(=O)NCCc1ccc(F)c(OC2CCCC2)c1. The summed E-state index contributed by atoms with van der Waals surface area (Å²) in [6.45, 7) is 1.57. The normalized spacial score (nSPS) is 15.2. The molecule has 0 aromatic heterocycles. The highest BCUT2D eigenvalue weighted by Crippen LogP contribution is 2.26. The molecule has 0 aliphatic heterocycles. The number of rotatable bonds is 10. The fraction of sp³-hybridized carbons (Fsp3) is 0.611. The van der Waals surface area contributed by atoms with E-state index in [2.05, 4.69) is 4.72 Å². The van der Waals surface area contributed by atoms with Gasteiger partial charge in [-0.3, -0.25) is 4.79 Å². The Morgan fingerprint density at radius 3 is 2.73 bits per heavy atom. The molecule has 0 unspecified atom stereocenters. The van der Waals surface area contributed by atoms with E-state index in [0.29, 0.717) is 6.42 Å². The van der Waals surface area contributed by atoms with E-state index >= 15 is 0 Å². The second-order valence-corrected chi connectivity index (χ2v) is 8.37. The van der Waals surface area contributed by atoms with Crippen molar-refractivity contribution >= 4 is 16.0 Å². The Labute approximate surface area is 154 Å². The number of carbonyl (C=O) groups excluding carboxylic acids is 1. The first-order valence-corrected chi connectivity index (χ1v) is 10.6. The topological polar surface area (TPSA) is 81.7 Å². The molecule has 0 amide bonds. The second kappa shape index (κ2) is 9.87.